The van der Waals surface area contributed by atoms with Crippen LogP contribution < -0.4 is 5.32 Å². The highest BCUT2D eigenvalue weighted by Crippen LogP contribution is 2.44. The summed E-state index contributed by atoms with van der Waals surface area (Å²) in [4.78, 5) is 38.2. The van der Waals surface area contributed by atoms with Crippen molar-refractivity contribution in [1.82, 2.24) is 10.2 Å². The number of alkyl carbamates (subject to hydrolysis) is 1. The van der Waals surface area contributed by atoms with E-state index in [4.69, 9.17) is 4.74 Å². The number of carboxylic acid groups (broad SMARTS) is 1. The molecule has 176 valence electrons. The Bertz CT molecular complexity index is 997. The fraction of sp³-hybridized carbons (Fsp3) is 0.423. The van der Waals surface area contributed by atoms with Crippen molar-refractivity contribution in [3.05, 3.63) is 59.7 Å². The summed E-state index contributed by atoms with van der Waals surface area (Å²) >= 11 is 0. The zero-order valence-corrected chi connectivity index (χ0v) is 19.8. The van der Waals surface area contributed by atoms with Gasteiger partial charge in [0.2, 0.25) is 5.91 Å². The minimum Gasteiger partial charge on any atom is -0.480 e. The molecule has 2 aromatic carbocycles. The van der Waals surface area contributed by atoms with Crippen molar-refractivity contribution in [3.63, 3.8) is 0 Å². The molecule has 1 aliphatic rings. The third-order valence-corrected chi connectivity index (χ3v) is 6.04. The number of aliphatic carboxylic acids is 1. The van der Waals surface area contributed by atoms with Crippen LogP contribution >= 0.6 is 0 Å². The van der Waals surface area contributed by atoms with E-state index in [0.29, 0.717) is 6.42 Å². The van der Waals surface area contributed by atoms with Crippen LogP contribution in [0.3, 0.4) is 0 Å². The van der Waals surface area contributed by atoms with Gasteiger partial charge in [-0.3, -0.25) is 4.79 Å². The van der Waals surface area contributed by atoms with E-state index < -0.39 is 30.1 Å². The van der Waals surface area contributed by atoms with Gasteiger partial charge in [-0.15, -0.1) is 0 Å². The Morgan fingerprint density at radius 2 is 1.55 bits per heavy atom. The van der Waals surface area contributed by atoms with E-state index in [1.165, 1.54) is 14.0 Å². The molecule has 0 fully saturated rings. The molecule has 2 aromatic rings. The highest BCUT2D eigenvalue weighted by atomic mass is 16.5. The topological polar surface area (TPSA) is 95.9 Å². The highest BCUT2D eigenvalue weighted by molar-refractivity contribution is 5.89. The van der Waals surface area contributed by atoms with Gasteiger partial charge in [0.15, 0.2) is 0 Å². The number of ether oxygens (including phenoxy) is 1. The van der Waals surface area contributed by atoms with Gasteiger partial charge in [-0.2, -0.15) is 0 Å². The highest BCUT2D eigenvalue weighted by Gasteiger charge is 2.34. The van der Waals surface area contributed by atoms with Crippen LogP contribution in [-0.2, 0) is 14.3 Å². The predicted molar refractivity (Wildman–Crippen MR) is 126 cm³/mol. The lowest BCUT2D eigenvalue weighted by Gasteiger charge is -2.31. The average molecular weight is 453 g/mol. The Balaban J connectivity index is 1.72. The van der Waals surface area contributed by atoms with Crippen LogP contribution in [0.5, 0.6) is 0 Å². The third-order valence-electron chi connectivity index (χ3n) is 6.04. The van der Waals surface area contributed by atoms with Gasteiger partial charge >= 0.3 is 12.1 Å². The number of rotatable bonds is 7. The number of likely N-dealkylation sites (N-methyl/N-ethyl adjacent to an activating group) is 1. The second-order valence-electron chi connectivity index (χ2n) is 9.75. The number of carbonyl (C=O) groups excluding carboxylic acids is 2. The van der Waals surface area contributed by atoms with Crippen LogP contribution in [0.1, 0.15) is 51.2 Å². The van der Waals surface area contributed by atoms with Gasteiger partial charge in [0.25, 0.3) is 0 Å². The molecule has 1 aliphatic carbocycles. The molecule has 2 N–H and O–H groups in total. The Morgan fingerprint density at radius 3 is 2.03 bits per heavy atom. The zero-order chi connectivity index (χ0) is 24.3. The second kappa shape index (κ2) is 9.65. The van der Waals surface area contributed by atoms with E-state index in [1.807, 2.05) is 57.2 Å². The lowest BCUT2D eigenvalue weighted by molar-refractivity contribution is -0.149. The van der Waals surface area contributed by atoms with Crippen LogP contribution in [0, 0.1) is 5.41 Å². The Labute approximate surface area is 194 Å². The number of carbonyl (C=O) groups is 3. The first-order valence-electron chi connectivity index (χ1n) is 11.1. The van der Waals surface area contributed by atoms with E-state index >= 15 is 0 Å². The van der Waals surface area contributed by atoms with E-state index in [0.717, 1.165) is 27.2 Å². The Hall–Kier alpha value is -3.35. The molecule has 3 rings (SSSR count). The van der Waals surface area contributed by atoms with E-state index in [9.17, 15) is 19.5 Å². The molecular formula is C26H32N2O5. The number of nitrogens with zero attached hydrogens (tertiary/aromatic N) is 1. The molecule has 2 atom stereocenters. The first-order chi connectivity index (χ1) is 15.5. The lowest BCUT2D eigenvalue weighted by Crippen LogP contribution is -2.52. The Kier molecular flexibility index (Phi) is 7.10. The molecule has 0 aromatic heterocycles. The van der Waals surface area contributed by atoms with Crippen molar-refractivity contribution in [1.29, 1.82) is 0 Å². The van der Waals surface area contributed by atoms with Crippen LogP contribution in [-0.4, -0.2) is 53.7 Å². The zero-order valence-electron chi connectivity index (χ0n) is 19.8. The van der Waals surface area contributed by atoms with E-state index in [2.05, 4.69) is 17.4 Å². The minimum atomic E-state index is -1.11. The van der Waals surface area contributed by atoms with Gasteiger partial charge in [-0.1, -0.05) is 69.3 Å². The summed E-state index contributed by atoms with van der Waals surface area (Å²) in [5.41, 5.74) is 4.19. The molecule has 0 bridgehead atoms. The number of nitrogens with one attached hydrogen (secondary N) is 1. The molecule has 0 spiro atoms. The molecular weight excluding hydrogens is 420 g/mol. The van der Waals surface area contributed by atoms with Gasteiger partial charge in [-0.25, -0.2) is 9.59 Å². The smallest absolute Gasteiger partial charge is 0.407 e. The number of benzene rings is 2. The largest absolute Gasteiger partial charge is 0.480 e. The standard InChI is InChI=1S/C26H32N2O5/c1-16(24(30)31)28(5)23(29)22(14-26(2,3)4)27-25(32)33-15-21-19-12-8-6-10-17(19)18-11-7-9-13-20(18)21/h6-13,16,21-22H,14-15H2,1-5H3,(H,27,32)(H,30,31). The first kappa shape index (κ1) is 24.3. The fourth-order valence-corrected chi connectivity index (χ4v) is 4.20. The minimum absolute atomic E-state index is 0.0883. The van der Waals surface area contributed by atoms with Crippen molar-refractivity contribution >= 4 is 18.0 Å². The summed E-state index contributed by atoms with van der Waals surface area (Å²) < 4.78 is 5.59. The van der Waals surface area contributed by atoms with Gasteiger partial charge in [0.05, 0.1) is 0 Å². The Morgan fingerprint density at radius 1 is 1.03 bits per heavy atom. The predicted octanol–water partition coefficient (Wildman–Crippen LogP) is 4.26. The van der Waals surface area contributed by atoms with Gasteiger partial charge in [0.1, 0.15) is 18.7 Å². The number of fused-ring (bicyclic) bond motifs is 3. The molecule has 0 saturated heterocycles. The van der Waals surface area contributed by atoms with Crippen LogP contribution in [0.4, 0.5) is 4.79 Å². The summed E-state index contributed by atoms with van der Waals surface area (Å²) in [6.07, 6.45) is -0.358. The molecule has 0 heterocycles. The molecule has 2 amide bonds. The SMILES string of the molecule is CC(C(=O)O)N(C)C(=O)C(CC(C)(C)C)NC(=O)OCC1c2ccccc2-c2ccccc21. The van der Waals surface area contributed by atoms with Gasteiger partial charge in [0, 0.05) is 13.0 Å². The number of hydrogen-bond donors (Lipinski definition) is 2. The quantitative estimate of drug-likeness (QED) is 0.654. The molecule has 0 aliphatic heterocycles. The van der Waals surface area contributed by atoms with Crippen LogP contribution in [0.15, 0.2) is 48.5 Å². The monoisotopic (exact) mass is 452 g/mol. The van der Waals surface area contributed by atoms with Crippen LogP contribution in [0.2, 0.25) is 0 Å². The maximum absolute atomic E-state index is 13.0. The van der Waals surface area contributed by atoms with Crippen molar-refractivity contribution in [3.8, 4) is 11.1 Å². The number of hydrogen-bond acceptors (Lipinski definition) is 4. The maximum Gasteiger partial charge on any atom is 0.407 e. The summed E-state index contributed by atoms with van der Waals surface area (Å²) in [6, 6.07) is 14.2. The average Bonchev–Trinajstić information content (AvgIpc) is 3.08. The summed E-state index contributed by atoms with van der Waals surface area (Å²) in [5.74, 6) is -1.66. The van der Waals surface area contributed by atoms with Crippen molar-refractivity contribution in [2.45, 2.75) is 52.1 Å². The normalized spacial score (nSPS) is 14.6. The summed E-state index contributed by atoms with van der Waals surface area (Å²) in [7, 11) is 1.43. The number of carboxylic acids is 1. The molecule has 33 heavy (non-hydrogen) atoms. The number of amides is 2. The third kappa shape index (κ3) is 5.53. The van der Waals surface area contributed by atoms with E-state index in [-0.39, 0.29) is 17.9 Å². The fourth-order valence-electron chi connectivity index (χ4n) is 4.20. The second-order valence-corrected chi connectivity index (χ2v) is 9.75. The van der Waals surface area contributed by atoms with Gasteiger partial charge in [-0.05, 0) is 41.0 Å². The molecule has 0 saturated carbocycles. The molecule has 0 radical (unpaired) electrons. The molecule has 7 heteroatoms. The summed E-state index contributed by atoms with van der Waals surface area (Å²) in [5, 5.41) is 11.9. The van der Waals surface area contributed by atoms with E-state index in [1.54, 1.807) is 0 Å². The van der Waals surface area contributed by atoms with Gasteiger partial charge < -0.3 is 20.1 Å². The van der Waals surface area contributed by atoms with Crippen molar-refractivity contribution in [2.24, 2.45) is 5.41 Å². The molecule has 7 nitrogen and oxygen atoms in total. The lowest BCUT2D eigenvalue weighted by atomic mass is 9.87. The summed E-state index contributed by atoms with van der Waals surface area (Å²) in [6.45, 7) is 7.42. The first-order valence-corrected chi connectivity index (χ1v) is 11.1. The molecule has 2 unspecified atom stereocenters. The van der Waals surface area contributed by atoms with Crippen molar-refractivity contribution in [2.75, 3.05) is 13.7 Å². The van der Waals surface area contributed by atoms with Crippen molar-refractivity contribution < 1.29 is 24.2 Å². The van der Waals surface area contributed by atoms with Crippen LogP contribution in [0.25, 0.3) is 11.1 Å². The maximum atomic E-state index is 13.0.